The number of nitrogens with zero attached hydrogens (tertiary/aromatic N) is 1. The van der Waals surface area contributed by atoms with Gasteiger partial charge in [0.2, 0.25) is 0 Å². The van der Waals surface area contributed by atoms with E-state index in [1.807, 2.05) is 0 Å². The Morgan fingerprint density at radius 2 is 2.21 bits per heavy atom. The van der Waals surface area contributed by atoms with Crippen molar-refractivity contribution in [3.63, 3.8) is 0 Å². The molecular weight excluding hydrogens is 277 g/mol. The quantitative estimate of drug-likeness (QED) is 0.463. The fourth-order valence-electron chi connectivity index (χ4n) is 1.37. The number of hydrogen-bond acceptors (Lipinski definition) is 5. The van der Waals surface area contributed by atoms with Crippen LogP contribution in [0.2, 0.25) is 0 Å². The Balaban J connectivity index is 2.99. The van der Waals surface area contributed by atoms with E-state index in [0.29, 0.717) is 0 Å². The molecule has 0 radical (unpaired) electrons. The minimum Gasteiger partial charge on any atom is -0.392 e. The molecule has 1 unspecified atom stereocenters. The Kier molecular flexibility index (Phi) is 4.93. The van der Waals surface area contributed by atoms with Crippen LogP contribution in [-0.4, -0.2) is 33.6 Å². The van der Waals surface area contributed by atoms with Crippen LogP contribution in [0, 0.1) is 15.9 Å². The van der Waals surface area contributed by atoms with Crippen LogP contribution in [0.25, 0.3) is 0 Å². The number of amides is 1. The minimum atomic E-state index is -1.11. The molecule has 0 aliphatic heterocycles. The van der Waals surface area contributed by atoms with E-state index in [-0.39, 0.29) is 12.3 Å². The van der Waals surface area contributed by atoms with Gasteiger partial charge in [-0.05, 0) is 6.07 Å². The highest BCUT2D eigenvalue weighted by atomic mass is 32.2. The molecule has 9 heteroatoms. The maximum absolute atomic E-state index is 13.5. The first kappa shape index (κ1) is 15.0. The summed E-state index contributed by atoms with van der Waals surface area (Å²) in [6.07, 6.45) is 1.45. The number of rotatable bonds is 5. The molecule has 1 atom stereocenters. The molecule has 0 saturated carbocycles. The zero-order chi connectivity index (χ0) is 14.6. The smallest absolute Gasteiger partial charge is 0.293 e. The highest BCUT2D eigenvalue weighted by Gasteiger charge is 2.23. The Labute approximate surface area is 110 Å². The minimum absolute atomic E-state index is 0.0590. The van der Waals surface area contributed by atoms with Gasteiger partial charge in [-0.1, -0.05) is 0 Å². The van der Waals surface area contributed by atoms with E-state index in [9.17, 15) is 23.5 Å². The summed E-state index contributed by atoms with van der Waals surface area (Å²) in [5.74, 6) is -1.62. The number of hydrogen-bond donors (Lipinski definition) is 2. The third kappa shape index (κ3) is 3.71. The monoisotopic (exact) mass is 289 g/mol. The SMILES string of the molecule is CS(=O)CCNC(=O)c1c(F)ccc([N+](=O)[O-])c1N. The van der Waals surface area contributed by atoms with E-state index in [0.717, 1.165) is 12.1 Å². The third-order valence-electron chi connectivity index (χ3n) is 2.27. The summed E-state index contributed by atoms with van der Waals surface area (Å²) in [4.78, 5) is 21.5. The number of nitrogen functional groups attached to an aromatic ring is 1. The van der Waals surface area contributed by atoms with Gasteiger partial charge in [-0.25, -0.2) is 4.39 Å². The van der Waals surface area contributed by atoms with E-state index in [1.54, 1.807) is 0 Å². The zero-order valence-corrected chi connectivity index (χ0v) is 10.8. The van der Waals surface area contributed by atoms with Gasteiger partial charge in [-0.15, -0.1) is 0 Å². The highest BCUT2D eigenvalue weighted by Crippen LogP contribution is 2.27. The second-order valence-corrected chi connectivity index (χ2v) is 5.20. The molecule has 19 heavy (non-hydrogen) atoms. The Morgan fingerprint density at radius 3 is 2.74 bits per heavy atom. The highest BCUT2D eigenvalue weighted by molar-refractivity contribution is 7.84. The van der Waals surface area contributed by atoms with Gasteiger partial charge in [0.05, 0.1) is 4.92 Å². The molecule has 0 aliphatic rings. The molecule has 0 heterocycles. The first-order valence-corrected chi connectivity index (χ1v) is 6.88. The predicted molar refractivity (Wildman–Crippen MR) is 68.7 cm³/mol. The number of nitrogens with two attached hydrogens (primary N) is 1. The van der Waals surface area contributed by atoms with Gasteiger partial charge in [-0.2, -0.15) is 0 Å². The van der Waals surface area contributed by atoms with Crippen molar-refractivity contribution in [1.82, 2.24) is 5.32 Å². The van der Waals surface area contributed by atoms with E-state index < -0.39 is 44.4 Å². The fourth-order valence-corrected chi connectivity index (χ4v) is 1.76. The van der Waals surface area contributed by atoms with Crippen LogP contribution >= 0.6 is 0 Å². The third-order valence-corrected chi connectivity index (χ3v) is 3.05. The van der Waals surface area contributed by atoms with E-state index in [4.69, 9.17) is 5.73 Å². The van der Waals surface area contributed by atoms with Gasteiger partial charge < -0.3 is 11.1 Å². The lowest BCUT2D eigenvalue weighted by Crippen LogP contribution is -2.29. The Morgan fingerprint density at radius 1 is 1.58 bits per heavy atom. The van der Waals surface area contributed by atoms with Crippen molar-refractivity contribution in [3.8, 4) is 0 Å². The molecule has 0 aliphatic carbocycles. The van der Waals surface area contributed by atoms with Gasteiger partial charge in [0, 0.05) is 35.4 Å². The van der Waals surface area contributed by atoms with Crippen LogP contribution in [0.1, 0.15) is 10.4 Å². The summed E-state index contributed by atoms with van der Waals surface area (Å²) in [6.45, 7) is 0.0590. The van der Waals surface area contributed by atoms with Crippen LogP contribution in [0.4, 0.5) is 15.8 Å². The molecular formula is C10H12FN3O4S. The summed E-state index contributed by atoms with van der Waals surface area (Å²) in [5.41, 5.74) is 3.78. The molecule has 0 aromatic heterocycles. The zero-order valence-electron chi connectivity index (χ0n) is 10.0. The summed E-state index contributed by atoms with van der Waals surface area (Å²) < 4.78 is 24.3. The van der Waals surface area contributed by atoms with Crippen LogP contribution in [0.5, 0.6) is 0 Å². The molecule has 7 nitrogen and oxygen atoms in total. The molecule has 0 fully saturated rings. The van der Waals surface area contributed by atoms with Gasteiger partial charge in [0.1, 0.15) is 17.1 Å². The second kappa shape index (κ2) is 6.23. The van der Waals surface area contributed by atoms with Crippen molar-refractivity contribution in [3.05, 3.63) is 33.6 Å². The summed E-state index contributed by atoms with van der Waals surface area (Å²) in [5, 5.41) is 12.9. The number of benzene rings is 1. The van der Waals surface area contributed by atoms with Crippen molar-refractivity contribution in [2.75, 3.05) is 24.3 Å². The first-order chi connectivity index (χ1) is 8.84. The molecule has 1 aromatic carbocycles. The number of carbonyl (C=O) groups is 1. The molecule has 0 bridgehead atoms. The predicted octanol–water partition coefficient (Wildman–Crippen LogP) is 0.424. The topological polar surface area (TPSA) is 115 Å². The van der Waals surface area contributed by atoms with Crippen LogP contribution < -0.4 is 11.1 Å². The van der Waals surface area contributed by atoms with Crippen LogP contribution in [-0.2, 0) is 10.8 Å². The molecule has 0 spiro atoms. The molecule has 1 amide bonds. The lowest BCUT2D eigenvalue weighted by molar-refractivity contribution is -0.384. The number of nitrogens with one attached hydrogen (secondary N) is 1. The lowest BCUT2D eigenvalue weighted by atomic mass is 10.1. The maximum atomic E-state index is 13.5. The van der Waals surface area contributed by atoms with Gasteiger partial charge in [0.15, 0.2) is 0 Å². The Hall–Kier alpha value is -2.03. The van der Waals surface area contributed by atoms with Gasteiger partial charge >= 0.3 is 0 Å². The van der Waals surface area contributed by atoms with Crippen molar-refractivity contribution in [2.24, 2.45) is 0 Å². The number of carbonyl (C=O) groups excluding carboxylic acids is 1. The number of nitro benzene ring substituents is 1. The Bertz CT molecular complexity index is 550. The molecule has 3 N–H and O–H groups in total. The average molecular weight is 289 g/mol. The van der Waals surface area contributed by atoms with E-state index in [2.05, 4.69) is 5.32 Å². The van der Waals surface area contributed by atoms with Gasteiger partial charge in [0.25, 0.3) is 11.6 Å². The van der Waals surface area contributed by atoms with Crippen LogP contribution in [0.15, 0.2) is 12.1 Å². The average Bonchev–Trinajstić information content (AvgIpc) is 2.27. The standard InChI is InChI=1S/C10H12FN3O4S/c1-19(18)5-4-13-10(15)8-6(11)2-3-7(9(8)12)14(16)17/h2-3H,4-5,12H2,1H3,(H,13,15). The number of nitro groups is 1. The van der Waals surface area contributed by atoms with E-state index >= 15 is 0 Å². The normalized spacial score (nSPS) is 11.9. The fraction of sp³-hybridized carbons (Fsp3) is 0.300. The second-order valence-electron chi connectivity index (χ2n) is 3.65. The number of anilines is 1. The maximum Gasteiger partial charge on any atom is 0.293 e. The first-order valence-electron chi connectivity index (χ1n) is 5.15. The molecule has 0 saturated heterocycles. The van der Waals surface area contributed by atoms with Crippen molar-refractivity contribution in [2.45, 2.75) is 0 Å². The van der Waals surface area contributed by atoms with Crippen LogP contribution in [0.3, 0.4) is 0 Å². The summed E-state index contributed by atoms with van der Waals surface area (Å²) in [6, 6.07) is 1.70. The molecule has 104 valence electrons. The number of halogens is 1. The lowest BCUT2D eigenvalue weighted by Gasteiger charge is -2.08. The van der Waals surface area contributed by atoms with E-state index in [1.165, 1.54) is 6.26 Å². The van der Waals surface area contributed by atoms with Gasteiger partial charge in [-0.3, -0.25) is 19.1 Å². The molecule has 1 aromatic rings. The van der Waals surface area contributed by atoms with Crippen molar-refractivity contribution < 1.29 is 18.3 Å². The summed E-state index contributed by atoms with van der Waals surface area (Å²) >= 11 is 0. The summed E-state index contributed by atoms with van der Waals surface area (Å²) in [7, 11) is -1.11. The van der Waals surface area contributed by atoms with Crippen molar-refractivity contribution in [1.29, 1.82) is 0 Å². The molecule has 1 rings (SSSR count). The van der Waals surface area contributed by atoms with Crippen molar-refractivity contribution >= 4 is 28.1 Å². The largest absolute Gasteiger partial charge is 0.392 e.